The Labute approximate surface area is 116 Å². The maximum atomic E-state index is 11.6. The second-order valence-electron chi connectivity index (χ2n) is 5.83. The van der Waals surface area contributed by atoms with Crippen molar-refractivity contribution in [2.75, 3.05) is 39.0 Å². The van der Waals surface area contributed by atoms with Crippen LogP contribution < -0.4 is 0 Å². The SMILES string of the molecule is CS(=O)(=O)N1CCCC(CN2CCC(C#N)CC2)C1. The van der Waals surface area contributed by atoms with Gasteiger partial charge < -0.3 is 4.90 Å². The van der Waals surface area contributed by atoms with E-state index in [0.29, 0.717) is 19.0 Å². The van der Waals surface area contributed by atoms with Gasteiger partial charge in [-0.1, -0.05) is 0 Å². The Morgan fingerprint density at radius 2 is 1.89 bits per heavy atom. The third-order valence-corrected chi connectivity index (χ3v) is 5.51. The molecule has 0 saturated carbocycles. The fourth-order valence-electron chi connectivity index (χ4n) is 3.09. The highest BCUT2D eigenvalue weighted by Crippen LogP contribution is 2.22. The van der Waals surface area contributed by atoms with Crippen LogP contribution in [0.25, 0.3) is 0 Å². The van der Waals surface area contributed by atoms with Gasteiger partial charge in [0.25, 0.3) is 0 Å². The first-order valence-electron chi connectivity index (χ1n) is 7.06. The van der Waals surface area contributed by atoms with Crippen molar-refractivity contribution in [3.8, 4) is 6.07 Å². The Kier molecular flexibility index (Phi) is 4.82. The number of likely N-dealkylation sites (tertiary alicyclic amines) is 1. The molecule has 2 aliphatic heterocycles. The van der Waals surface area contributed by atoms with Gasteiger partial charge in [0.15, 0.2) is 0 Å². The maximum Gasteiger partial charge on any atom is 0.211 e. The van der Waals surface area contributed by atoms with E-state index in [1.165, 1.54) is 6.26 Å². The molecule has 19 heavy (non-hydrogen) atoms. The molecule has 0 bridgehead atoms. The lowest BCUT2D eigenvalue weighted by molar-refractivity contribution is 0.147. The Balaban J connectivity index is 1.82. The first kappa shape index (κ1) is 14.8. The second-order valence-corrected chi connectivity index (χ2v) is 7.82. The zero-order valence-electron chi connectivity index (χ0n) is 11.6. The van der Waals surface area contributed by atoms with E-state index in [4.69, 9.17) is 5.26 Å². The van der Waals surface area contributed by atoms with Crippen LogP contribution in [0, 0.1) is 23.2 Å². The van der Waals surface area contributed by atoms with E-state index in [-0.39, 0.29) is 5.92 Å². The fraction of sp³-hybridized carbons (Fsp3) is 0.923. The van der Waals surface area contributed by atoms with Crippen LogP contribution in [0.2, 0.25) is 0 Å². The van der Waals surface area contributed by atoms with Crippen LogP contribution in [0.4, 0.5) is 0 Å². The van der Waals surface area contributed by atoms with Crippen LogP contribution in [0.5, 0.6) is 0 Å². The molecule has 0 aromatic heterocycles. The van der Waals surface area contributed by atoms with Crippen molar-refractivity contribution in [2.45, 2.75) is 25.7 Å². The monoisotopic (exact) mass is 285 g/mol. The number of hydrogen-bond donors (Lipinski definition) is 0. The van der Waals surface area contributed by atoms with Gasteiger partial charge in [0.2, 0.25) is 10.0 Å². The smallest absolute Gasteiger partial charge is 0.211 e. The lowest BCUT2D eigenvalue weighted by Crippen LogP contribution is -2.44. The van der Waals surface area contributed by atoms with Crippen molar-refractivity contribution in [1.29, 1.82) is 5.26 Å². The van der Waals surface area contributed by atoms with Gasteiger partial charge in [-0.25, -0.2) is 12.7 Å². The number of sulfonamides is 1. The molecule has 0 aromatic rings. The summed E-state index contributed by atoms with van der Waals surface area (Å²) in [5, 5.41) is 8.88. The Hall–Kier alpha value is -0.640. The normalized spacial score (nSPS) is 28.1. The third kappa shape index (κ3) is 4.16. The van der Waals surface area contributed by atoms with Crippen molar-refractivity contribution < 1.29 is 8.42 Å². The summed E-state index contributed by atoms with van der Waals surface area (Å²) in [6.07, 6.45) is 5.29. The van der Waals surface area contributed by atoms with E-state index in [9.17, 15) is 8.42 Å². The Morgan fingerprint density at radius 1 is 1.21 bits per heavy atom. The number of nitriles is 1. The molecule has 2 heterocycles. The minimum atomic E-state index is -3.04. The minimum Gasteiger partial charge on any atom is -0.303 e. The molecule has 6 heteroatoms. The van der Waals surface area contributed by atoms with Gasteiger partial charge >= 0.3 is 0 Å². The molecule has 5 nitrogen and oxygen atoms in total. The lowest BCUT2D eigenvalue weighted by atomic mass is 9.95. The molecule has 0 radical (unpaired) electrons. The van der Waals surface area contributed by atoms with E-state index < -0.39 is 10.0 Å². The average molecular weight is 285 g/mol. The quantitative estimate of drug-likeness (QED) is 0.772. The molecule has 0 spiro atoms. The summed E-state index contributed by atoms with van der Waals surface area (Å²) >= 11 is 0. The molecule has 2 saturated heterocycles. The molecule has 0 aromatic carbocycles. The molecule has 0 amide bonds. The van der Waals surface area contributed by atoms with Gasteiger partial charge in [0.1, 0.15) is 0 Å². The summed E-state index contributed by atoms with van der Waals surface area (Å²) in [4.78, 5) is 2.39. The molecule has 2 rings (SSSR count). The zero-order valence-corrected chi connectivity index (χ0v) is 12.4. The van der Waals surface area contributed by atoms with Gasteiger partial charge in [0.05, 0.1) is 12.3 Å². The van der Waals surface area contributed by atoms with Gasteiger partial charge in [-0.05, 0) is 44.7 Å². The predicted molar refractivity (Wildman–Crippen MR) is 73.9 cm³/mol. The molecule has 1 atom stereocenters. The van der Waals surface area contributed by atoms with Crippen LogP contribution in [0.3, 0.4) is 0 Å². The summed E-state index contributed by atoms with van der Waals surface area (Å²) in [6, 6.07) is 2.34. The van der Waals surface area contributed by atoms with Crippen molar-refractivity contribution in [1.82, 2.24) is 9.21 Å². The lowest BCUT2D eigenvalue weighted by Gasteiger charge is -2.36. The summed E-state index contributed by atoms with van der Waals surface area (Å²) in [5.41, 5.74) is 0. The van der Waals surface area contributed by atoms with Crippen LogP contribution in [0.1, 0.15) is 25.7 Å². The number of nitrogens with zero attached hydrogens (tertiary/aromatic N) is 3. The van der Waals surface area contributed by atoms with Crippen molar-refractivity contribution in [3.05, 3.63) is 0 Å². The Morgan fingerprint density at radius 3 is 2.47 bits per heavy atom. The summed E-state index contributed by atoms with van der Waals surface area (Å²) in [6.45, 7) is 4.27. The first-order valence-corrected chi connectivity index (χ1v) is 8.91. The number of piperidine rings is 2. The molecular formula is C13H23N3O2S. The molecule has 0 N–H and O–H groups in total. The second kappa shape index (κ2) is 6.21. The summed E-state index contributed by atoms with van der Waals surface area (Å²) in [5.74, 6) is 0.664. The highest BCUT2D eigenvalue weighted by Gasteiger charge is 2.28. The largest absolute Gasteiger partial charge is 0.303 e. The van der Waals surface area contributed by atoms with Crippen LogP contribution >= 0.6 is 0 Å². The van der Waals surface area contributed by atoms with Crippen molar-refractivity contribution in [2.24, 2.45) is 11.8 Å². The topological polar surface area (TPSA) is 64.4 Å². The fourth-order valence-corrected chi connectivity index (χ4v) is 4.03. The number of hydrogen-bond acceptors (Lipinski definition) is 4. The molecular weight excluding hydrogens is 262 g/mol. The van der Waals surface area contributed by atoms with E-state index in [1.54, 1.807) is 4.31 Å². The van der Waals surface area contributed by atoms with Crippen LogP contribution in [0.15, 0.2) is 0 Å². The van der Waals surface area contributed by atoms with Crippen molar-refractivity contribution >= 4 is 10.0 Å². The third-order valence-electron chi connectivity index (χ3n) is 4.24. The standard InChI is InChI=1S/C13H23N3O2S/c1-19(17,18)16-6-2-3-13(11-16)10-15-7-4-12(9-14)5-8-15/h12-13H,2-8,10-11H2,1H3. The maximum absolute atomic E-state index is 11.6. The average Bonchev–Trinajstić information content (AvgIpc) is 2.39. The molecule has 2 fully saturated rings. The van der Waals surface area contributed by atoms with Crippen LogP contribution in [-0.4, -0.2) is 56.6 Å². The highest BCUT2D eigenvalue weighted by atomic mass is 32.2. The van der Waals surface area contributed by atoms with Gasteiger partial charge in [-0.2, -0.15) is 5.26 Å². The van der Waals surface area contributed by atoms with Gasteiger partial charge in [-0.3, -0.25) is 0 Å². The highest BCUT2D eigenvalue weighted by molar-refractivity contribution is 7.88. The molecule has 108 valence electrons. The van der Waals surface area contributed by atoms with Crippen LogP contribution in [-0.2, 0) is 10.0 Å². The van der Waals surface area contributed by atoms with Gasteiger partial charge in [0, 0.05) is 25.6 Å². The molecule has 2 aliphatic rings. The zero-order chi connectivity index (χ0) is 13.9. The Bertz CT molecular complexity index is 435. The molecule has 0 aliphatic carbocycles. The van der Waals surface area contributed by atoms with E-state index in [0.717, 1.165) is 45.3 Å². The van der Waals surface area contributed by atoms with E-state index in [2.05, 4.69) is 11.0 Å². The van der Waals surface area contributed by atoms with Gasteiger partial charge in [-0.15, -0.1) is 0 Å². The minimum absolute atomic E-state index is 0.218. The first-order chi connectivity index (χ1) is 8.99. The van der Waals surface area contributed by atoms with Crippen molar-refractivity contribution in [3.63, 3.8) is 0 Å². The summed E-state index contributed by atoms with van der Waals surface area (Å²) in [7, 11) is -3.04. The predicted octanol–water partition coefficient (Wildman–Crippen LogP) is 0.894. The number of rotatable bonds is 3. The van der Waals surface area contributed by atoms with E-state index >= 15 is 0 Å². The molecule has 1 unspecified atom stereocenters. The van der Waals surface area contributed by atoms with E-state index in [1.807, 2.05) is 0 Å². The summed E-state index contributed by atoms with van der Waals surface area (Å²) < 4.78 is 24.8.